The summed E-state index contributed by atoms with van der Waals surface area (Å²) in [7, 11) is 0. The Labute approximate surface area is 202 Å². The maximum Gasteiger partial charge on any atom is 0.255 e. The number of nitrogens with one attached hydrogen (secondary N) is 1. The Morgan fingerprint density at radius 3 is 2.63 bits per heavy atom. The molecule has 0 spiro atoms. The highest BCUT2D eigenvalue weighted by molar-refractivity contribution is 6.08. The zero-order valence-electron chi connectivity index (χ0n) is 19.2. The molecule has 4 aromatic rings. The van der Waals surface area contributed by atoms with Gasteiger partial charge in [-0.15, -0.1) is 0 Å². The number of benzene rings is 2. The van der Waals surface area contributed by atoms with Gasteiger partial charge in [0.05, 0.1) is 16.8 Å². The summed E-state index contributed by atoms with van der Waals surface area (Å²) in [6, 6.07) is 18.2. The number of anilines is 1. The minimum absolute atomic E-state index is 0.0946. The molecule has 5 rings (SSSR count). The van der Waals surface area contributed by atoms with Crippen LogP contribution in [0, 0.1) is 0 Å². The number of amides is 2. The number of hydrogen-bond donors (Lipinski definition) is 1. The van der Waals surface area contributed by atoms with Gasteiger partial charge in [-0.1, -0.05) is 18.2 Å². The standard InChI is InChI=1S/C27H24N4O4/c1-2-31(17-26(32)29-19-9-10-24-25(14-19)35-13-12-34-24)27(33)21-15-23(18-6-5-11-28-16-18)30-22-8-4-3-7-20(21)22/h3-11,14-16H,2,12-13,17H2,1H3,(H,29,32). The normalized spacial score (nSPS) is 12.3. The van der Waals surface area contributed by atoms with E-state index in [4.69, 9.17) is 14.5 Å². The fraction of sp³-hybridized carbons (Fsp3) is 0.185. The van der Waals surface area contributed by atoms with E-state index in [0.29, 0.717) is 53.7 Å². The van der Waals surface area contributed by atoms with Gasteiger partial charge < -0.3 is 19.7 Å². The van der Waals surface area contributed by atoms with E-state index >= 15 is 0 Å². The zero-order valence-corrected chi connectivity index (χ0v) is 19.2. The van der Waals surface area contributed by atoms with Gasteiger partial charge in [-0.05, 0) is 43.3 Å². The lowest BCUT2D eigenvalue weighted by molar-refractivity contribution is -0.116. The molecule has 0 fully saturated rings. The Balaban J connectivity index is 1.39. The number of rotatable bonds is 6. The van der Waals surface area contributed by atoms with Gasteiger partial charge in [0.25, 0.3) is 5.91 Å². The molecule has 0 radical (unpaired) electrons. The summed E-state index contributed by atoms with van der Waals surface area (Å²) in [4.78, 5) is 36.9. The fourth-order valence-electron chi connectivity index (χ4n) is 4.01. The molecule has 0 atom stereocenters. The van der Waals surface area contributed by atoms with E-state index < -0.39 is 0 Å². The number of ether oxygens (including phenoxy) is 2. The maximum atomic E-state index is 13.6. The molecule has 1 aliphatic heterocycles. The van der Waals surface area contributed by atoms with E-state index in [0.717, 1.165) is 10.9 Å². The molecule has 8 heteroatoms. The molecule has 176 valence electrons. The van der Waals surface area contributed by atoms with Crippen molar-refractivity contribution in [1.82, 2.24) is 14.9 Å². The summed E-state index contributed by atoms with van der Waals surface area (Å²) >= 11 is 0. The molecule has 0 saturated heterocycles. The van der Waals surface area contributed by atoms with Crippen LogP contribution in [0.5, 0.6) is 11.5 Å². The lowest BCUT2D eigenvalue weighted by Gasteiger charge is -2.22. The highest BCUT2D eigenvalue weighted by Gasteiger charge is 2.22. The lowest BCUT2D eigenvalue weighted by Crippen LogP contribution is -2.38. The van der Waals surface area contributed by atoms with Crippen molar-refractivity contribution >= 4 is 28.4 Å². The molecular formula is C27H24N4O4. The molecule has 0 unspecified atom stereocenters. The smallest absolute Gasteiger partial charge is 0.255 e. The van der Waals surface area contributed by atoms with Crippen LogP contribution in [0.3, 0.4) is 0 Å². The van der Waals surface area contributed by atoms with Gasteiger partial charge in [0.1, 0.15) is 19.8 Å². The molecule has 2 aromatic carbocycles. The van der Waals surface area contributed by atoms with Gasteiger partial charge >= 0.3 is 0 Å². The van der Waals surface area contributed by atoms with Crippen LogP contribution in [0.15, 0.2) is 73.1 Å². The van der Waals surface area contributed by atoms with Crippen molar-refractivity contribution in [1.29, 1.82) is 0 Å². The number of nitrogens with zero attached hydrogens (tertiary/aromatic N) is 3. The van der Waals surface area contributed by atoms with Crippen molar-refractivity contribution in [2.45, 2.75) is 6.92 Å². The average molecular weight is 469 g/mol. The monoisotopic (exact) mass is 468 g/mol. The highest BCUT2D eigenvalue weighted by Crippen LogP contribution is 2.32. The quantitative estimate of drug-likeness (QED) is 0.457. The molecule has 1 N–H and O–H groups in total. The van der Waals surface area contributed by atoms with E-state index in [2.05, 4.69) is 10.3 Å². The molecule has 1 aliphatic rings. The predicted octanol–water partition coefficient (Wildman–Crippen LogP) is 4.17. The maximum absolute atomic E-state index is 13.6. The molecule has 35 heavy (non-hydrogen) atoms. The minimum atomic E-state index is -0.303. The summed E-state index contributed by atoms with van der Waals surface area (Å²) in [5, 5.41) is 3.58. The number of pyridine rings is 2. The Morgan fingerprint density at radius 1 is 1.00 bits per heavy atom. The average Bonchev–Trinajstić information content (AvgIpc) is 2.91. The molecule has 0 aliphatic carbocycles. The summed E-state index contributed by atoms with van der Waals surface area (Å²) in [6.45, 7) is 3.08. The molecule has 3 heterocycles. The molecule has 2 aromatic heterocycles. The van der Waals surface area contributed by atoms with Crippen molar-refractivity contribution in [2.75, 3.05) is 31.6 Å². The predicted molar refractivity (Wildman–Crippen MR) is 133 cm³/mol. The number of carbonyl (C=O) groups is 2. The zero-order chi connectivity index (χ0) is 24.2. The third-order valence-electron chi connectivity index (χ3n) is 5.73. The Morgan fingerprint density at radius 2 is 1.83 bits per heavy atom. The van der Waals surface area contributed by atoms with Gasteiger partial charge in [0.2, 0.25) is 5.91 Å². The molecule has 8 nitrogen and oxygen atoms in total. The van der Waals surface area contributed by atoms with E-state index in [1.807, 2.05) is 43.3 Å². The first kappa shape index (κ1) is 22.3. The number of hydrogen-bond acceptors (Lipinski definition) is 6. The van der Waals surface area contributed by atoms with Crippen LogP contribution in [0.4, 0.5) is 5.69 Å². The van der Waals surface area contributed by atoms with E-state index in [9.17, 15) is 9.59 Å². The molecular weight excluding hydrogens is 444 g/mol. The van der Waals surface area contributed by atoms with E-state index in [1.165, 1.54) is 4.90 Å². The van der Waals surface area contributed by atoms with Crippen molar-refractivity contribution in [3.05, 3.63) is 78.6 Å². The van der Waals surface area contributed by atoms with Crippen LogP contribution in [0.25, 0.3) is 22.2 Å². The first-order valence-corrected chi connectivity index (χ1v) is 11.4. The number of para-hydroxylation sites is 1. The largest absolute Gasteiger partial charge is 0.486 e. The van der Waals surface area contributed by atoms with Crippen LogP contribution < -0.4 is 14.8 Å². The Bertz CT molecular complexity index is 1390. The highest BCUT2D eigenvalue weighted by atomic mass is 16.6. The lowest BCUT2D eigenvalue weighted by atomic mass is 10.0. The minimum Gasteiger partial charge on any atom is -0.486 e. The van der Waals surface area contributed by atoms with Gasteiger partial charge in [0.15, 0.2) is 11.5 Å². The Hall–Kier alpha value is -4.46. The number of aromatic nitrogens is 2. The summed E-state index contributed by atoms with van der Waals surface area (Å²) in [5.41, 5.74) is 3.23. The summed E-state index contributed by atoms with van der Waals surface area (Å²) in [6.07, 6.45) is 3.40. The van der Waals surface area contributed by atoms with E-state index in [1.54, 1.807) is 36.7 Å². The number of carbonyl (C=O) groups excluding carboxylic acids is 2. The summed E-state index contributed by atoms with van der Waals surface area (Å²) < 4.78 is 11.1. The van der Waals surface area contributed by atoms with Gasteiger partial charge in [-0.3, -0.25) is 14.6 Å². The third kappa shape index (κ3) is 4.77. The van der Waals surface area contributed by atoms with Crippen molar-refractivity contribution in [2.24, 2.45) is 0 Å². The first-order chi connectivity index (χ1) is 17.1. The van der Waals surface area contributed by atoms with Crippen LogP contribution in [-0.4, -0.2) is 53.0 Å². The fourth-order valence-corrected chi connectivity index (χ4v) is 4.01. The molecule has 2 amide bonds. The molecule has 0 saturated carbocycles. The SMILES string of the molecule is CCN(CC(=O)Nc1ccc2c(c1)OCCO2)C(=O)c1cc(-c2cccnc2)nc2ccccc12. The second-order valence-electron chi connectivity index (χ2n) is 8.04. The van der Waals surface area contributed by atoms with Gasteiger partial charge in [0, 0.05) is 41.6 Å². The van der Waals surface area contributed by atoms with Crippen LogP contribution in [0.2, 0.25) is 0 Å². The third-order valence-corrected chi connectivity index (χ3v) is 5.73. The number of likely N-dealkylation sites (N-methyl/N-ethyl adjacent to an activating group) is 1. The molecule has 0 bridgehead atoms. The summed E-state index contributed by atoms with van der Waals surface area (Å²) in [5.74, 6) is 0.688. The second-order valence-corrected chi connectivity index (χ2v) is 8.04. The first-order valence-electron chi connectivity index (χ1n) is 11.4. The van der Waals surface area contributed by atoms with Crippen LogP contribution >= 0.6 is 0 Å². The Kier molecular flexibility index (Phi) is 6.26. The topological polar surface area (TPSA) is 93.7 Å². The van der Waals surface area contributed by atoms with Crippen LogP contribution in [0.1, 0.15) is 17.3 Å². The van der Waals surface area contributed by atoms with Crippen molar-refractivity contribution in [3.63, 3.8) is 0 Å². The van der Waals surface area contributed by atoms with Gasteiger partial charge in [-0.25, -0.2) is 4.98 Å². The second kappa shape index (κ2) is 9.80. The van der Waals surface area contributed by atoms with Gasteiger partial charge in [-0.2, -0.15) is 0 Å². The van der Waals surface area contributed by atoms with Crippen molar-refractivity contribution < 1.29 is 19.1 Å². The van der Waals surface area contributed by atoms with Crippen molar-refractivity contribution in [3.8, 4) is 22.8 Å². The van der Waals surface area contributed by atoms with Crippen LogP contribution in [-0.2, 0) is 4.79 Å². The van der Waals surface area contributed by atoms with E-state index in [-0.39, 0.29) is 18.4 Å². The number of fused-ring (bicyclic) bond motifs is 2.